The molecule has 0 radical (unpaired) electrons. The minimum atomic E-state index is -0.737. The molecule has 1 aliphatic rings. The van der Waals surface area contributed by atoms with Crippen LogP contribution in [-0.4, -0.2) is 23.2 Å². The summed E-state index contributed by atoms with van der Waals surface area (Å²) in [6.07, 6.45) is 2.48. The molecule has 4 nitrogen and oxygen atoms in total. The van der Waals surface area contributed by atoms with Crippen LogP contribution in [0, 0.1) is 6.92 Å². The van der Waals surface area contributed by atoms with Crippen LogP contribution < -0.4 is 5.32 Å². The van der Waals surface area contributed by atoms with Crippen LogP contribution in [-0.2, 0) is 0 Å². The zero-order chi connectivity index (χ0) is 14.3. The molecule has 1 aliphatic carbocycles. The van der Waals surface area contributed by atoms with Crippen molar-refractivity contribution < 1.29 is 14.3 Å². The summed E-state index contributed by atoms with van der Waals surface area (Å²) in [5.74, 6) is -0.0136. The maximum atomic E-state index is 12.2. The maximum absolute atomic E-state index is 12.2. The van der Waals surface area contributed by atoms with E-state index in [0.717, 1.165) is 30.2 Å². The summed E-state index contributed by atoms with van der Waals surface area (Å²) in [6, 6.07) is 5.26. The second-order valence-electron chi connectivity index (χ2n) is 5.46. The van der Waals surface area contributed by atoms with Crippen LogP contribution in [0.4, 0.5) is 0 Å². The smallest absolute Gasteiger partial charge is 0.287 e. The first-order valence-corrected chi connectivity index (χ1v) is 7.06. The van der Waals surface area contributed by atoms with Crippen LogP contribution in [0.5, 0.6) is 0 Å². The van der Waals surface area contributed by atoms with Gasteiger partial charge in [-0.25, -0.2) is 0 Å². The van der Waals surface area contributed by atoms with E-state index >= 15 is 0 Å². The Kier molecular flexibility index (Phi) is 3.22. The SMILES string of the molecule is Cc1c(C(=O)NCC2(O)CCC2)oc2ccc(Cl)cc12. The molecule has 1 saturated carbocycles. The molecule has 2 N–H and O–H groups in total. The van der Waals surface area contributed by atoms with Crippen molar-refractivity contribution in [2.75, 3.05) is 6.54 Å². The third-order valence-corrected chi connectivity index (χ3v) is 4.20. The molecule has 2 aromatic rings. The number of carbonyl (C=O) groups excluding carboxylic acids is 1. The summed E-state index contributed by atoms with van der Waals surface area (Å²) in [7, 11) is 0. The van der Waals surface area contributed by atoms with Gasteiger partial charge in [-0.15, -0.1) is 0 Å². The fourth-order valence-corrected chi connectivity index (χ4v) is 2.67. The van der Waals surface area contributed by atoms with Gasteiger partial charge < -0.3 is 14.8 Å². The second-order valence-corrected chi connectivity index (χ2v) is 5.89. The number of rotatable bonds is 3. The minimum Gasteiger partial charge on any atom is -0.451 e. The highest BCUT2D eigenvalue weighted by atomic mass is 35.5. The van der Waals surface area contributed by atoms with E-state index in [0.29, 0.717) is 10.6 Å². The minimum absolute atomic E-state index is 0.267. The average Bonchev–Trinajstić information content (AvgIpc) is 2.71. The number of halogens is 1. The summed E-state index contributed by atoms with van der Waals surface area (Å²) in [4.78, 5) is 12.2. The van der Waals surface area contributed by atoms with Gasteiger partial charge in [0.25, 0.3) is 5.91 Å². The summed E-state index contributed by atoms with van der Waals surface area (Å²) < 4.78 is 5.58. The lowest BCUT2D eigenvalue weighted by molar-refractivity contribution is -0.0301. The molecule has 1 aromatic carbocycles. The topological polar surface area (TPSA) is 62.5 Å². The van der Waals surface area contributed by atoms with Crippen molar-refractivity contribution in [2.45, 2.75) is 31.8 Å². The molecule has 3 rings (SSSR count). The van der Waals surface area contributed by atoms with E-state index in [1.165, 1.54) is 0 Å². The van der Waals surface area contributed by atoms with Crippen molar-refractivity contribution in [3.8, 4) is 0 Å². The third kappa shape index (κ3) is 2.30. The first-order chi connectivity index (χ1) is 9.48. The van der Waals surface area contributed by atoms with Crippen molar-refractivity contribution in [2.24, 2.45) is 0 Å². The highest BCUT2D eigenvalue weighted by molar-refractivity contribution is 6.31. The zero-order valence-electron chi connectivity index (χ0n) is 11.2. The number of furan rings is 1. The summed E-state index contributed by atoms with van der Waals surface area (Å²) in [5.41, 5.74) is 0.666. The number of amides is 1. The Morgan fingerprint density at radius 3 is 2.90 bits per heavy atom. The standard InChI is InChI=1S/C15H16ClNO3/c1-9-11-7-10(16)3-4-12(11)20-13(9)14(18)17-8-15(19)5-2-6-15/h3-4,7,19H,2,5-6,8H2,1H3,(H,17,18). The van der Waals surface area contributed by atoms with Crippen LogP contribution in [0.2, 0.25) is 5.02 Å². The largest absolute Gasteiger partial charge is 0.451 e. The Morgan fingerprint density at radius 2 is 2.25 bits per heavy atom. The molecular weight excluding hydrogens is 278 g/mol. The quantitative estimate of drug-likeness (QED) is 0.914. The maximum Gasteiger partial charge on any atom is 0.287 e. The molecular formula is C15H16ClNO3. The summed E-state index contributed by atoms with van der Waals surface area (Å²) >= 11 is 5.95. The molecule has 106 valence electrons. The molecule has 0 unspecified atom stereocenters. The predicted octanol–water partition coefficient (Wildman–Crippen LogP) is 3.04. The highest BCUT2D eigenvalue weighted by Crippen LogP contribution is 2.31. The number of carbonyl (C=O) groups is 1. The Labute approximate surface area is 121 Å². The molecule has 1 amide bonds. The molecule has 1 heterocycles. The van der Waals surface area contributed by atoms with E-state index < -0.39 is 5.60 Å². The van der Waals surface area contributed by atoms with E-state index in [1.807, 2.05) is 6.92 Å². The van der Waals surface area contributed by atoms with E-state index in [2.05, 4.69) is 5.32 Å². The van der Waals surface area contributed by atoms with Crippen LogP contribution in [0.1, 0.15) is 35.4 Å². The van der Waals surface area contributed by atoms with E-state index in [4.69, 9.17) is 16.0 Å². The highest BCUT2D eigenvalue weighted by Gasteiger charge is 2.35. The van der Waals surface area contributed by atoms with Crippen molar-refractivity contribution in [1.29, 1.82) is 0 Å². The number of benzene rings is 1. The van der Waals surface area contributed by atoms with E-state index in [1.54, 1.807) is 18.2 Å². The van der Waals surface area contributed by atoms with Crippen molar-refractivity contribution in [3.05, 3.63) is 34.5 Å². The van der Waals surface area contributed by atoms with Crippen LogP contribution >= 0.6 is 11.6 Å². The van der Waals surface area contributed by atoms with E-state index in [-0.39, 0.29) is 18.2 Å². The van der Waals surface area contributed by atoms with Crippen LogP contribution in [0.25, 0.3) is 11.0 Å². The van der Waals surface area contributed by atoms with Gasteiger partial charge in [-0.1, -0.05) is 11.6 Å². The molecule has 1 aromatic heterocycles. The zero-order valence-corrected chi connectivity index (χ0v) is 12.0. The number of nitrogens with one attached hydrogen (secondary N) is 1. The van der Waals surface area contributed by atoms with Gasteiger partial charge in [0.05, 0.1) is 5.60 Å². The van der Waals surface area contributed by atoms with Gasteiger partial charge in [-0.05, 0) is 44.4 Å². The summed E-state index contributed by atoms with van der Waals surface area (Å²) in [6.45, 7) is 2.10. The Morgan fingerprint density at radius 1 is 1.50 bits per heavy atom. The van der Waals surface area contributed by atoms with Gasteiger partial charge in [-0.3, -0.25) is 4.79 Å². The number of hydrogen-bond acceptors (Lipinski definition) is 3. The predicted molar refractivity (Wildman–Crippen MR) is 77.1 cm³/mol. The van der Waals surface area contributed by atoms with Crippen molar-refractivity contribution in [3.63, 3.8) is 0 Å². The molecule has 5 heteroatoms. The first-order valence-electron chi connectivity index (χ1n) is 6.68. The van der Waals surface area contributed by atoms with Crippen molar-refractivity contribution >= 4 is 28.5 Å². The number of hydrogen-bond donors (Lipinski definition) is 2. The van der Waals surface area contributed by atoms with Crippen LogP contribution in [0.15, 0.2) is 22.6 Å². The lowest BCUT2D eigenvalue weighted by Crippen LogP contribution is -2.47. The number of aliphatic hydroxyl groups is 1. The normalized spacial score (nSPS) is 16.9. The fourth-order valence-electron chi connectivity index (χ4n) is 2.50. The third-order valence-electron chi connectivity index (χ3n) is 3.97. The Bertz CT molecular complexity index is 673. The van der Waals surface area contributed by atoms with Gasteiger partial charge in [0.2, 0.25) is 0 Å². The van der Waals surface area contributed by atoms with Gasteiger partial charge >= 0.3 is 0 Å². The lowest BCUT2D eigenvalue weighted by atomic mass is 9.80. The molecule has 20 heavy (non-hydrogen) atoms. The van der Waals surface area contributed by atoms with Gasteiger partial charge in [0, 0.05) is 22.5 Å². The first kappa shape index (κ1) is 13.5. The van der Waals surface area contributed by atoms with Gasteiger partial charge in [-0.2, -0.15) is 0 Å². The number of fused-ring (bicyclic) bond motifs is 1. The summed E-state index contributed by atoms with van der Waals surface area (Å²) in [5, 5.41) is 14.2. The van der Waals surface area contributed by atoms with Crippen LogP contribution in [0.3, 0.4) is 0 Å². The molecule has 0 spiro atoms. The van der Waals surface area contributed by atoms with Gasteiger partial charge in [0.15, 0.2) is 5.76 Å². The lowest BCUT2D eigenvalue weighted by Gasteiger charge is -2.36. The molecule has 0 bridgehead atoms. The Balaban J connectivity index is 1.82. The molecule has 0 aliphatic heterocycles. The Hall–Kier alpha value is -1.52. The van der Waals surface area contributed by atoms with Gasteiger partial charge in [0.1, 0.15) is 5.58 Å². The number of aryl methyl sites for hydroxylation is 1. The monoisotopic (exact) mass is 293 g/mol. The average molecular weight is 294 g/mol. The van der Waals surface area contributed by atoms with E-state index in [9.17, 15) is 9.90 Å². The van der Waals surface area contributed by atoms with Crippen molar-refractivity contribution in [1.82, 2.24) is 5.32 Å². The molecule has 1 fully saturated rings. The second kappa shape index (κ2) is 4.79. The fraction of sp³-hybridized carbons (Fsp3) is 0.400. The molecule has 0 atom stereocenters. The molecule has 0 saturated heterocycles.